The van der Waals surface area contributed by atoms with Crippen molar-refractivity contribution in [2.24, 2.45) is 5.92 Å². The largest absolute Gasteiger partial charge is 0.390 e. The van der Waals surface area contributed by atoms with Crippen LogP contribution in [0.2, 0.25) is 0 Å². The monoisotopic (exact) mass is 314 g/mol. The zero-order chi connectivity index (χ0) is 16.6. The first-order chi connectivity index (χ1) is 10.2. The topological polar surface area (TPSA) is 55.7 Å². The standard InChI is InChI=1S/C18H38N2O2/c1-16(6-5-8-17(2,3)21)7-12-19-13-9-18(22)10-14-20(4)15-11-18/h16,19,21-22H,5-15H2,1-4H3. The summed E-state index contributed by atoms with van der Waals surface area (Å²) in [6, 6.07) is 0. The van der Waals surface area contributed by atoms with Gasteiger partial charge in [-0.15, -0.1) is 0 Å². The van der Waals surface area contributed by atoms with Gasteiger partial charge in [-0.05, 0) is 72.0 Å². The van der Waals surface area contributed by atoms with Crippen molar-refractivity contribution >= 4 is 0 Å². The second-order valence-electron chi connectivity index (χ2n) is 8.13. The minimum atomic E-state index is -0.526. The number of likely N-dealkylation sites (tertiary alicyclic amines) is 1. The Morgan fingerprint density at radius 3 is 2.41 bits per heavy atom. The third-order valence-corrected chi connectivity index (χ3v) is 4.98. The molecule has 22 heavy (non-hydrogen) atoms. The SMILES string of the molecule is CC(CCCC(C)(C)O)CCNCCC1(O)CCN(C)CC1. The van der Waals surface area contributed by atoms with Gasteiger partial charge < -0.3 is 20.4 Å². The van der Waals surface area contributed by atoms with Crippen molar-refractivity contribution in [3.8, 4) is 0 Å². The van der Waals surface area contributed by atoms with Gasteiger partial charge in [0.1, 0.15) is 0 Å². The van der Waals surface area contributed by atoms with Crippen LogP contribution in [0.25, 0.3) is 0 Å². The smallest absolute Gasteiger partial charge is 0.0684 e. The second-order valence-corrected chi connectivity index (χ2v) is 8.13. The molecule has 1 aliphatic rings. The van der Waals surface area contributed by atoms with Crippen molar-refractivity contribution in [2.75, 3.05) is 33.2 Å². The Hall–Kier alpha value is -0.160. The Bertz CT molecular complexity index is 294. The first-order valence-electron chi connectivity index (χ1n) is 9.04. The summed E-state index contributed by atoms with van der Waals surface area (Å²) in [5, 5.41) is 23.7. The van der Waals surface area contributed by atoms with E-state index in [9.17, 15) is 10.2 Å². The fourth-order valence-electron chi connectivity index (χ4n) is 3.11. The molecule has 1 heterocycles. The molecule has 0 aromatic heterocycles. The maximum atomic E-state index is 10.5. The third-order valence-electron chi connectivity index (χ3n) is 4.98. The van der Waals surface area contributed by atoms with Gasteiger partial charge in [-0.25, -0.2) is 0 Å². The van der Waals surface area contributed by atoms with E-state index in [1.807, 2.05) is 13.8 Å². The maximum Gasteiger partial charge on any atom is 0.0684 e. The van der Waals surface area contributed by atoms with Crippen molar-refractivity contribution in [3.63, 3.8) is 0 Å². The van der Waals surface area contributed by atoms with Gasteiger partial charge in [-0.1, -0.05) is 19.8 Å². The number of hydrogen-bond donors (Lipinski definition) is 3. The zero-order valence-corrected chi connectivity index (χ0v) is 15.2. The van der Waals surface area contributed by atoms with Crippen LogP contribution in [-0.4, -0.2) is 59.5 Å². The van der Waals surface area contributed by atoms with Gasteiger partial charge in [0.2, 0.25) is 0 Å². The van der Waals surface area contributed by atoms with Crippen LogP contribution in [0.5, 0.6) is 0 Å². The van der Waals surface area contributed by atoms with Crippen molar-refractivity contribution in [1.82, 2.24) is 10.2 Å². The molecule has 4 nitrogen and oxygen atoms in total. The predicted octanol–water partition coefficient (Wildman–Crippen LogP) is 2.39. The van der Waals surface area contributed by atoms with Crippen LogP contribution in [0.1, 0.15) is 65.7 Å². The van der Waals surface area contributed by atoms with Crippen molar-refractivity contribution < 1.29 is 10.2 Å². The molecule has 1 atom stereocenters. The van der Waals surface area contributed by atoms with Crippen molar-refractivity contribution in [1.29, 1.82) is 0 Å². The van der Waals surface area contributed by atoms with Crippen LogP contribution < -0.4 is 5.32 Å². The van der Waals surface area contributed by atoms with E-state index in [0.717, 1.165) is 58.3 Å². The molecule has 4 heteroatoms. The van der Waals surface area contributed by atoms with Gasteiger partial charge in [-0.3, -0.25) is 0 Å². The molecule has 0 aliphatic carbocycles. The molecule has 1 aliphatic heterocycles. The van der Waals surface area contributed by atoms with Gasteiger partial charge in [0.25, 0.3) is 0 Å². The Kier molecular flexibility index (Phi) is 8.33. The summed E-state index contributed by atoms with van der Waals surface area (Å²) in [7, 11) is 2.12. The van der Waals surface area contributed by atoms with Crippen LogP contribution in [0.15, 0.2) is 0 Å². The third kappa shape index (κ3) is 9.09. The fraction of sp³-hybridized carbons (Fsp3) is 1.00. The normalized spacial score (nSPS) is 21.0. The second kappa shape index (κ2) is 9.21. The summed E-state index contributed by atoms with van der Waals surface area (Å²) in [5.41, 5.74) is -0.973. The summed E-state index contributed by atoms with van der Waals surface area (Å²) in [6.07, 6.45) is 7.00. The van der Waals surface area contributed by atoms with E-state index < -0.39 is 11.2 Å². The van der Waals surface area contributed by atoms with E-state index >= 15 is 0 Å². The molecule has 0 radical (unpaired) electrons. The molecule has 1 unspecified atom stereocenters. The molecule has 0 aromatic rings. The lowest BCUT2D eigenvalue weighted by Crippen LogP contribution is -2.44. The lowest BCUT2D eigenvalue weighted by atomic mass is 9.88. The Morgan fingerprint density at radius 2 is 1.82 bits per heavy atom. The van der Waals surface area contributed by atoms with Crippen LogP contribution in [-0.2, 0) is 0 Å². The zero-order valence-electron chi connectivity index (χ0n) is 15.2. The number of hydrogen-bond acceptors (Lipinski definition) is 4. The van der Waals surface area contributed by atoms with Crippen molar-refractivity contribution in [3.05, 3.63) is 0 Å². The molecule has 0 aromatic carbocycles. The minimum absolute atomic E-state index is 0.447. The number of piperidine rings is 1. The van der Waals surface area contributed by atoms with E-state index in [4.69, 9.17) is 0 Å². The highest BCUT2D eigenvalue weighted by atomic mass is 16.3. The number of aliphatic hydroxyl groups is 2. The summed E-state index contributed by atoms with van der Waals surface area (Å²) >= 11 is 0. The fourth-order valence-corrected chi connectivity index (χ4v) is 3.11. The molecule has 132 valence electrons. The van der Waals surface area contributed by atoms with E-state index in [0.29, 0.717) is 5.92 Å². The van der Waals surface area contributed by atoms with Gasteiger partial charge in [0.05, 0.1) is 11.2 Å². The van der Waals surface area contributed by atoms with E-state index in [1.165, 1.54) is 12.8 Å². The van der Waals surface area contributed by atoms with Gasteiger partial charge in [0.15, 0.2) is 0 Å². The highest BCUT2D eigenvalue weighted by Crippen LogP contribution is 2.24. The summed E-state index contributed by atoms with van der Waals surface area (Å²) in [5.74, 6) is 0.696. The molecular weight excluding hydrogens is 276 g/mol. The van der Waals surface area contributed by atoms with E-state index in [2.05, 4.69) is 24.2 Å². The highest BCUT2D eigenvalue weighted by Gasteiger charge is 2.30. The van der Waals surface area contributed by atoms with Crippen molar-refractivity contribution in [2.45, 2.75) is 76.9 Å². The summed E-state index contributed by atoms with van der Waals surface area (Å²) in [6.45, 7) is 10.0. The number of nitrogens with one attached hydrogen (secondary N) is 1. The molecule has 1 saturated heterocycles. The highest BCUT2D eigenvalue weighted by molar-refractivity contribution is 4.85. The van der Waals surface area contributed by atoms with Crippen LogP contribution in [0.3, 0.4) is 0 Å². The minimum Gasteiger partial charge on any atom is -0.390 e. The Morgan fingerprint density at radius 1 is 1.18 bits per heavy atom. The quantitative estimate of drug-likeness (QED) is 0.542. The lowest BCUT2D eigenvalue weighted by Gasteiger charge is -2.36. The average Bonchev–Trinajstić information content (AvgIpc) is 2.41. The molecule has 3 N–H and O–H groups in total. The van der Waals surface area contributed by atoms with Gasteiger partial charge in [-0.2, -0.15) is 0 Å². The molecule has 1 fully saturated rings. The number of nitrogens with zero attached hydrogens (tertiary/aromatic N) is 1. The number of rotatable bonds is 10. The maximum absolute atomic E-state index is 10.5. The van der Waals surface area contributed by atoms with Crippen LogP contribution in [0, 0.1) is 5.92 Å². The van der Waals surface area contributed by atoms with Gasteiger partial charge >= 0.3 is 0 Å². The van der Waals surface area contributed by atoms with Crippen LogP contribution in [0.4, 0.5) is 0 Å². The van der Waals surface area contributed by atoms with Gasteiger partial charge in [0, 0.05) is 13.1 Å². The predicted molar refractivity (Wildman–Crippen MR) is 93.1 cm³/mol. The van der Waals surface area contributed by atoms with Crippen LogP contribution >= 0.6 is 0 Å². The van der Waals surface area contributed by atoms with E-state index in [-0.39, 0.29) is 0 Å². The first kappa shape index (κ1) is 19.9. The molecule has 0 bridgehead atoms. The summed E-state index contributed by atoms with van der Waals surface area (Å²) < 4.78 is 0. The molecule has 0 amide bonds. The molecule has 1 rings (SSSR count). The molecule has 0 saturated carbocycles. The average molecular weight is 315 g/mol. The molecule has 0 spiro atoms. The Labute approximate surface area is 137 Å². The Balaban J connectivity index is 2.00. The van der Waals surface area contributed by atoms with E-state index in [1.54, 1.807) is 0 Å². The lowest BCUT2D eigenvalue weighted by molar-refractivity contribution is -0.0217. The first-order valence-corrected chi connectivity index (χ1v) is 9.04. The summed E-state index contributed by atoms with van der Waals surface area (Å²) in [4.78, 5) is 2.29. The molecular formula is C18H38N2O2.